The molecule has 5 nitrogen and oxygen atoms in total. The van der Waals surface area contributed by atoms with E-state index in [1.165, 1.54) is 11.1 Å². The minimum absolute atomic E-state index is 0.0874. The summed E-state index contributed by atoms with van der Waals surface area (Å²) in [6.07, 6.45) is 1.04. The van der Waals surface area contributed by atoms with E-state index in [-0.39, 0.29) is 11.3 Å². The van der Waals surface area contributed by atoms with Crippen molar-refractivity contribution in [2.45, 2.75) is 26.3 Å². The van der Waals surface area contributed by atoms with Gasteiger partial charge in [0.05, 0.1) is 6.04 Å². The fourth-order valence-corrected chi connectivity index (χ4v) is 2.08. The molecular weight excluding hydrogens is 286 g/mol. The number of nitrogens with zero attached hydrogens (tertiary/aromatic N) is 4. The van der Waals surface area contributed by atoms with Crippen LogP contribution in [0.15, 0.2) is 24.3 Å². The van der Waals surface area contributed by atoms with Crippen LogP contribution in [0.25, 0.3) is 0 Å². The summed E-state index contributed by atoms with van der Waals surface area (Å²) in [6.45, 7) is 4.21. The number of rotatable bonds is 5. The molecule has 2 rings (SSSR count). The number of hydrogen-bond donors (Lipinski definition) is 1. The van der Waals surface area contributed by atoms with Gasteiger partial charge >= 0.3 is 0 Å². The maximum atomic E-state index is 5.93. The van der Waals surface area contributed by atoms with Crippen molar-refractivity contribution in [2.75, 3.05) is 24.3 Å². The van der Waals surface area contributed by atoms with Crippen molar-refractivity contribution in [1.29, 1.82) is 0 Å². The molecule has 0 radical (unpaired) electrons. The van der Waals surface area contributed by atoms with Crippen LogP contribution in [0.4, 0.5) is 11.9 Å². The third-order valence-electron chi connectivity index (χ3n) is 3.23. The van der Waals surface area contributed by atoms with Crippen LogP contribution in [0.2, 0.25) is 5.28 Å². The predicted molar refractivity (Wildman–Crippen MR) is 87.0 cm³/mol. The Balaban J connectivity index is 2.16. The normalized spacial score (nSPS) is 12.0. The van der Waals surface area contributed by atoms with E-state index < -0.39 is 0 Å². The highest BCUT2D eigenvalue weighted by Gasteiger charge is 2.10. The minimum atomic E-state index is 0.0874. The van der Waals surface area contributed by atoms with E-state index >= 15 is 0 Å². The van der Waals surface area contributed by atoms with Gasteiger partial charge in [0, 0.05) is 14.1 Å². The molecule has 0 bridgehead atoms. The zero-order valence-corrected chi connectivity index (χ0v) is 13.5. The Morgan fingerprint density at radius 3 is 2.38 bits per heavy atom. The first-order valence-electron chi connectivity index (χ1n) is 6.94. The van der Waals surface area contributed by atoms with E-state index in [9.17, 15) is 0 Å². The highest BCUT2D eigenvalue weighted by molar-refractivity contribution is 6.28. The van der Waals surface area contributed by atoms with Crippen molar-refractivity contribution in [3.63, 3.8) is 0 Å². The summed E-state index contributed by atoms with van der Waals surface area (Å²) in [4.78, 5) is 14.3. The Morgan fingerprint density at radius 2 is 1.81 bits per heavy atom. The highest BCUT2D eigenvalue weighted by atomic mass is 35.5. The maximum Gasteiger partial charge on any atom is 0.230 e. The van der Waals surface area contributed by atoms with Gasteiger partial charge in [-0.25, -0.2) is 0 Å². The minimum Gasteiger partial charge on any atom is -0.348 e. The molecule has 1 heterocycles. The van der Waals surface area contributed by atoms with Gasteiger partial charge in [-0.3, -0.25) is 0 Å². The fourth-order valence-electron chi connectivity index (χ4n) is 1.92. The van der Waals surface area contributed by atoms with Crippen molar-refractivity contribution >= 4 is 23.5 Å². The second-order valence-electron chi connectivity index (χ2n) is 5.08. The van der Waals surface area contributed by atoms with E-state index in [1.807, 2.05) is 14.1 Å². The van der Waals surface area contributed by atoms with Crippen molar-refractivity contribution in [3.8, 4) is 0 Å². The van der Waals surface area contributed by atoms with Crippen LogP contribution in [-0.2, 0) is 6.42 Å². The number of aryl methyl sites for hydroxylation is 1. The Morgan fingerprint density at radius 1 is 1.14 bits per heavy atom. The fraction of sp³-hybridized carbons (Fsp3) is 0.400. The van der Waals surface area contributed by atoms with Crippen molar-refractivity contribution in [2.24, 2.45) is 0 Å². The van der Waals surface area contributed by atoms with Crippen molar-refractivity contribution in [1.82, 2.24) is 15.0 Å². The monoisotopic (exact) mass is 305 g/mol. The lowest BCUT2D eigenvalue weighted by Gasteiger charge is -2.16. The lowest BCUT2D eigenvalue weighted by Crippen LogP contribution is -2.16. The Labute approximate surface area is 130 Å². The largest absolute Gasteiger partial charge is 0.348 e. The Kier molecular flexibility index (Phi) is 4.96. The van der Waals surface area contributed by atoms with E-state index in [0.717, 1.165) is 6.42 Å². The number of anilines is 2. The molecule has 21 heavy (non-hydrogen) atoms. The van der Waals surface area contributed by atoms with E-state index in [4.69, 9.17) is 11.6 Å². The molecule has 0 aliphatic heterocycles. The smallest absolute Gasteiger partial charge is 0.230 e. The summed E-state index contributed by atoms with van der Waals surface area (Å²) >= 11 is 5.93. The van der Waals surface area contributed by atoms with Gasteiger partial charge in [-0.15, -0.1) is 0 Å². The third kappa shape index (κ3) is 4.04. The first-order valence-corrected chi connectivity index (χ1v) is 7.31. The summed E-state index contributed by atoms with van der Waals surface area (Å²) in [7, 11) is 3.73. The van der Waals surface area contributed by atoms with Gasteiger partial charge in [-0.1, -0.05) is 31.2 Å². The zero-order chi connectivity index (χ0) is 15.4. The van der Waals surface area contributed by atoms with Gasteiger partial charge in [-0.2, -0.15) is 15.0 Å². The standard InChI is InChI=1S/C15H20ClN5/c1-5-11-6-8-12(9-7-11)10(2)17-14-18-13(16)19-15(20-14)21(3)4/h6-10H,5H2,1-4H3,(H,17,18,19,20). The van der Waals surface area contributed by atoms with Crippen LogP contribution in [0.5, 0.6) is 0 Å². The molecule has 2 aromatic rings. The van der Waals surface area contributed by atoms with Crippen LogP contribution < -0.4 is 10.2 Å². The second kappa shape index (κ2) is 6.72. The van der Waals surface area contributed by atoms with Crippen LogP contribution in [0.3, 0.4) is 0 Å². The topological polar surface area (TPSA) is 53.9 Å². The molecule has 0 fully saturated rings. The van der Waals surface area contributed by atoms with Gasteiger partial charge < -0.3 is 10.2 Å². The molecule has 1 unspecified atom stereocenters. The molecule has 0 aliphatic carbocycles. The summed E-state index contributed by atoms with van der Waals surface area (Å²) < 4.78 is 0. The van der Waals surface area contributed by atoms with Crippen LogP contribution in [-0.4, -0.2) is 29.0 Å². The summed E-state index contributed by atoms with van der Waals surface area (Å²) in [5.41, 5.74) is 2.50. The molecule has 1 N–H and O–H groups in total. The van der Waals surface area contributed by atoms with Gasteiger partial charge in [0.1, 0.15) is 0 Å². The molecule has 6 heteroatoms. The molecule has 0 saturated heterocycles. The van der Waals surface area contributed by atoms with Crippen molar-refractivity contribution < 1.29 is 0 Å². The SMILES string of the molecule is CCc1ccc(C(C)Nc2nc(Cl)nc(N(C)C)n2)cc1. The van der Waals surface area contributed by atoms with Crippen LogP contribution >= 0.6 is 11.6 Å². The molecule has 0 saturated carbocycles. The third-order valence-corrected chi connectivity index (χ3v) is 3.40. The molecule has 1 aromatic heterocycles. The number of nitrogens with one attached hydrogen (secondary N) is 1. The first kappa shape index (κ1) is 15.5. The molecular formula is C15H20ClN5. The van der Waals surface area contributed by atoms with Gasteiger partial charge in [0.15, 0.2) is 0 Å². The quantitative estimate of drug-likeness (QED) is 0.918. The molecule has 0 spiro atoms. The molecule has 112 valence electrons. The van der Waals surface area contributed by atoms with Crippen molar-refractivity contribution in [3.05, 3.63) is 40.7 Å². The Hall–Kier alpha value is -1.88. The van der Waals surface area contributed by atoms with Gasteiger partial charge in [-0.05, 0) is 36.1 Å². The van der Waals surface area contributed by atoms with E-state index in [2.05, 4.69) is 58.4 Å². The summed E-state index contributed by atoms with van der Waals surface area (Å²) in [5.74, 6) is 1.01. The maximum absolute atomic E-state index is 5.93. The molecule has 1 atom stereocenters. The molecule has 0 aliphatic rings. The highest BCUT2D eigenvalue weighted by Crippen LogP contribution is 2.19. The molecule has 0 amide bonds. The van der Waals surface area contributed by atoms with Crippen LogP contribution in [0, 0.1) is 0 Å². The van der Waals surface area contributed by atoms with Gasteiger partial charge in [0.2, 0.25) is 17.2 Å². The number of hydrogen-bond acceptors (Lipinski definition) is 5. The lowest BCUT2D eigenvalue weighted by molar-refractivity contribution is 0.846. The van der Waals surface area contributed by atoms with Crippen LogP contribution in [0.1, 0.15) is 31.0 Å². The molecule has 1 aromatic carbocycles. The average molecular weight is 306 g/mol. The lowest BCUT2D eigenvalue weighted by atomic mass is 10.1. The van der Waals surface area contributed by atoms with Gasteiger partial charge in [0.25, 0.3) is 0 Å². The zero-order valence-electron chi connectivity index (χ0n) is 12.8. The predicted octanol–water partition coefficient (Wildman–Crippen LogP) is 3.33. The number of halogens is 1. The Bertz CT molecular complexity index is 598. The number of aromatic nitrogens is 3. The van der Waals surface area contributed by atoms with E-state index in [1.54, 1.807) is 4.90 Å². The number of benzene rings is 1. The first-order chi connectivity index (χ1) is 9.99. The average Bonchev–Trinajstić information content (AvgIpc) is 2.46. The van der Waals surface area contributed by atoms with E-state index in [0.29, 0.717) is 11.9 Å². The second-order valence-corrected chi connectivity index (χ2v) is 5.42. The summed E-state index contributed by atoms with van der Waals surface area (Å²) in [5, 5.41) is 3.44. The summed E-state index contributed by atoms with van der Waals surface area (Å²) in [6, 6.07) is 8.60.